The summed E-state index contributed by atoms with van der Waals surface area (Å²) >= 11 is 1.45. The van der Waals surface area contributed by atoms with Gasteiger partial charge in [0.1, 0.15) is 17.4 Å². The van der Waals surface area contributed by atoms with E-state index in [1.54, 1.807) is 24.8 Å². The number of nitrogens with one attached hydrogen (secondary N) is 1. The molecule has 2 amide bonds. The van der Waals surface area contributed by atoms with Crippen LogP contribution in [0.1, 0.15) is 61.5 Å². The van der Waals surface area contributed by atoms with Crippen molar-refractivity contribution in [2.75, 3.05) is 19.7 Å². The number of aromatic nitrogens is 1. The van der Waals surface area contributed by atoms with Crippen molar-refractivity contribution >= 4 is 35.4 Å². The van der Waals surface area contributed by atoms with Crippen LogP contribution in [0.15, 0.2) is 77.2 Å². The smallest absolute Gasteiger partial charge is 0.333 e. The van der Waals surface area contributed by atoms with Crippen LogP contribution in [-0.2, 0) is 27.4 Å². The average molecular weight is 618 g/mol. The van der Waals surface area contributed by atoms with E-state index >= 15 is 0 Å². The van der Waals surface area contributed by atoms with Crippen molar-refractivity contribution in [3.05, 3.63) is 99.0 Å². The van der Waals surface area contributed by atoms with Crippen LogP contribution in [0, 0.1) is 5.92 Å². The van der Waals surface area contributed by atoms with E-state index in [4.69, 9.17) is 14.5 Å². The number of urea groups is 1. The average Bonchev–Trinajstić information content (AvgIpc) is 3.49. The van der Waals surface area contributed by atoms with Crippen molar-refractivity contribution < 1.29 is 29.0 Å². The minimum atomic E-state index is -0.815. The minimum Gasteiger partial charge on any atom is -0.489 e. The van der Waals surface area contributed by atoms with Crippen molar-refractivity contribution in [1.29, 1.82) is 0 Å². The first kappa shape index (κ1) is 32.5. The molecule has 0 aliphatic carbocycles. The molecule has 0 radical (unpaired) electrons. The summed E-state index contributed by atoms with van der Waals surface area (Å²) in [7, 11) is 0. The first-order valence-corrected chi connectivity index (χ1v) is 15.6. The van der Waals surface area contributed by atoms with Crippen LogP contribution in [0.2, 0.25) is 0 Å². The Labute approximate surface area is 262 Å². The monoisotopic (exact) mass is 617 g/mol. The molecule has 1 aliphatic rings. The molecule has 44 heavy (non-hydrogen) atoms. The van der Waals surface area contributed by atoms with E-state index in [9.17, 15) is 19.5 Å². The highest BCUT2D eigenvalue weighted by atomic mass is 32.1. The van der Waals surface area contributed by atoms with Gasteiger partial charge in [0, 0.05) is 24.0 Å². The summed E-state index contributed by atoms with van der Waals surface area (Å²) in [6.07, 6.45) is 5.02. The molecular weight excluding hydrogens is 578 g/mol. The van der Waals surface area contributed by atoms with E-state index in [0.29, 0.717) is 51.1 Å². The minimum absolute atomic E-state index is 0.238. The van der Waals surface area contributed by atoms with Gasteiger partial charge < -0.3 is 24.8 Å². The molecule has 2 aromatic carbocycles. The normalized spacial score (nSPS) is 15.0. The summed E-state index contributed by atoms with van der Waals surface area (Å²) in [5.74, 6) is -0.839. The zero-order chi connectivity index (χ0) is 31.5. The quantitative estimate of drug-likeness (QED) is 0.137. The number of allylic oxidation sites excluding steroid dienone is 2. The number of ether oxygens (including phenoxy) is 2. The second-order valence-electron chi connectivity index (χ2n) is 10.8. The molecule has 2 N–H and O–H groups in total. The number of aliphatic carboxylic acids is 1. The number of benzene rings is 2. The Morgan fingerprint density at radius 1 is 1.07 bits per heavy atom. The number of hydrogen-bond donors (Lipinski definition) is 2. The fourth-order valence-electron chi connectivity index (χ4n) is 4.92. The molecule has 1 aromatic heterocycles. The predicted molar refractivity (Wildman–Crippen MR) is 170 cm³/mol. The molecule has 0 unspecified atom stereocenters. The second kappa shape index (κ2) is 15.9. The zero-order valence-electron chi connectivity index (χ0n) is 25.3. The number of esters is 1. The summed E-state index contributed by atoms with van der Waals surface area (Å²) in [5.41, 5.74) is 4.16. The van der Waals surface area contributed by atoms with Crippen LogP contribution < -0.4 is 10.1 Å². The number of rotatable bonds is 12. The van der Waals surface area contributed by atoms with Crippen LogP contribution in [0.25, 0.3) is 6.08 Å². The standard InChI is InChI=1S/C34H39N3O6S/c1-4-42-33(40)24(3)18-23(2)19-28-22-44-31(35-28)30(36-34(41)37-16-14-27(15-17-37)32(38)39)20-25-10-12-29(13-11-25)43-21-26-8-6-5-7-9-26/h5-13,18-19,22,27,30H,4,14-17,20-21H2,1-3H3,(H,36,41)(H,38,39)/t30-/m0/s1. The third-order valence-electron chi connectivity index (χ3n) is 7.30. The van der Waals surface area contributed by atoms with Gasteiger partial charge in [0.05, 0.1) is 24.3 Å². The van der Waals surface area contributed by atoms with Gasteiger partial charge in [-0.1, -0.05) is 42.5 Å². The molecule has 0 bridgehead atoms. The van der Waals surface area contributed by atoms with Gasteiger partial charge in [-0.25, -0.2) is 14.6 Å². The van der Waals surface area contributed by atoms with Gasteiger partial charge in [0.15, 0.2) is 0 Å². The van der Waals surface area contributed by atoms with Crippen LogP contribution in [0.5, 0.6) is 5.75 Å². The van der Waals surface area contributed by atoms with Gasteiger partial charge >= 0.3 is 18.0 Å². The third kappa shape index (κ3) is 9.54. The highest BCUT2D eigenvalue weighted by Crippen LogP contribution is 2.26. The Bertz CT molecular complexity index is 1470. The van der Waals surface area contributed by atoms with Gasteiger partial charge in [-0.3, -0.25) is 4.79 Å². The van der Waals surface area contributed by atoms with E-state index in [0.717, 1.165) is 33.2 Å². The number of carbonyl (C=O) groups is 3. The van der Waals surface area contributed by atoms with Gasteiger partial charge in [-0.2, -0.15) is 0 Å². The van der Waals surface area contributed by atoms with Gasteiger partial charge in [0.25, 0.3) is 0 Å². The summed E-state index contributed by atoms with van der Waals surface area (Å²) in [4.78, 5) is 43.2. The summed E-state index contributed by atoms with van der Waals surface area (Å²) in [6, 6.07) is 17.1. The summed E-state index contributed by atoms with van der Waals surface area (Å²) in [6.45, 7) is 6.94. The van der Waals surface area contributed by atoms with E-state index < -0.39 is 17.9 Å². The molecule has 9 nitrogen and oxygen atoms in total. The van der Waals surface area contributed by atoms with Crippen LogP contribution in [-0.4, -0.2) is 52.7 Å². The van der Waals surface area contributed by atoms with E-state index in [1.165, 1.54) is 11.3 Å². The summed E-state index contributed by atoms with van der Waals surface area (Å²) < 4.78 is 11.0. The number of amides is 2. The molecule has 1 atom stereocenters. The number of hydrogen-bond acceptors (Lipinski definition) is 7. The third-order valence-corrected chi connectivity index (χ3v) is 8.27. The predicted octanol–water partition coefficient (Wildman–Crippen LogP) is 6.42. The number of thiazole rings is 1. The van der Waals surface area contributed by atoms with Gasteiger partial charge in [0.2, 0.25) is 0 Å². The van der Waals surface area contributed by atoms with E-state index in [1.807, 2.05) is 73.0 Å². The number of piperidine rings is 1. The molecule has 10 heteroatoms. The van der Waals surface area contributed by atoms with Gasteiger partial charge in [-0.05, 0) is 81.0 Å². The van der Waals surface area contributed by atoms with E-state index in [2.05, 4.69) is 5.32 Å². The van der Waals surface area contributed by atoms with Crippen molar-refractivity contribution in [2.24, 2.45) is 5.92 Å². The zero-order valence-corrected chi connectivity index (χ0v) is 26.1. The number of carboxylic acid groups (broad SMARTS) is 1. The molecular formula is C34H39N3O6S. The highest BCUT2D eigenvalue weighted by Gasteiger charge is 2.29. The maximum Gasteiger partial charge on any atom is 0.333 e. The van der Waals surface area contributed by atoms with Crippen molar-refractivity contribution in [3.8, 4) is 5.75 Å². The maximum absolute atomic E-state index is 13.3. The number of likely N-dealkylation sites (tertiary alicyclic amines) is 1. The fourth-order valence-corrected chi connectivity index (χ4v) is 5.74. The molecule has 232 valence electrons. The Balaban J connectivity index is 1.48. The lowest BCUT2D eigenvalue weighted by Gasteiger charge is -2.31. The van der Waals surface area contributed by atoms with E-state index in [-0.39, 0.29) is 12.0 Å². The number of nitrogens with zero attached hydrogens (tertiary/aromatic N) is 2. The Morgan fingerprint density at radius 2 is 1.77 bits per heavy atom. The Kier molecular flexibility index (Phi) is 11.7. The SMILES string of the molecule is CCOC(=O)C(C)=CC(C)=Cc1csc([C@H](Cc2ccc(OCc3ccccc3)cc2)NC(=O)N2CCC(C(=O)O)CC2)n1. The largest absolute Gasteiger partial charge is 0.489 e. The molecule has 1 aliphatic heterocycles. The second-order valence-corrected chi connectivity index (χ2v) is 11.7. The summed E-state index contributed by atoms with van der Waals surface area (Å²) in [5, 5.41) is 15.1. The van der Waals surface area contributed by atoms with Crippen LogP contribution in [0.3, 0.4) is 0 Å². The first-order chi connectivity index (χ1) is 21.2. The Hall–Kier alpha value is -4.44. The molecule has 0 spiro atoms. The molecule has 3 aromatic rings. The highest BCUT2D eigenvalue weighted by molar-refractivity contribution is 7.09. The number of carbonyl (C=O) groups excluding carboxylic acids is 2. The molecule has 1 saturated heterocycles. The van der Waals surface area contributed by atoms with Crippen LogP contribution >= 0.6 is 11.3 Å². The fraction of sp³-hybridized carbons (Fsp3) is 0.353. The topological polar surface area (TPSA) is 118 Å². The molecule has 0 saturated carbocycles. The molecule has 4 rings (SSSR count). The van der Waals surface area contributed by atoms with Crippen molar-refractivity contribution in [3.63, 3.8) is 0 Å². The lowest BCUT2D eigenvalue weighted by atomic mass is 9.97. The van der Waals surface area contributed by atoms with Crippen molar-refractivity contribution in [1.82, 2.24) is 15.2 Å². The molecule has 1 fully saturated rings. The number of carboxylic acids is 1. The Morgan fingerprint density at radius 3 is 2.43 bits per heavy atom. The van der Waals surface area contributed by atoms with Crippen LogP contribution in [0.4, 0.5) is 4.79 Å². The first-order valence-electron chi connectivity index (χ1n) is 14.7. The lowest BCUT2D eigenvalue weighted by molar-refractivity contribution is -0.143. The molecule has 2 heterocycles. The maximum atomic E-state index is 13.3. The van der Waals surface area contributed by atoms with Gasteiger partial charge in [-0.15, -0.1) is 11.3 Å². The lowest BCUT2D eigenvalue weighted by Crippen LogP contribution is -2.46. The van der Waals surface area contributed by atoms with Crippen molar-refractivity contribution in [2.45, 2.75) is 52.7 Å².